The number of carbonyl (C=O) groups is 1. The van der Waals surface area contributed by atoms with Gasteiger partial charge in [-0.2, -0.15) is 0 Å². The van der Waals surface area contributed by atoms with Gasteiger partial charge < -0.3 is 24.0 Å². The fraction of sp³-hybridized carbons (Fsp3) is 0.318. The highest BCUT2D eigenvalue weighted by Crippen LogP contribution is 2.40. The van der Waals surface area contributed by atoms with Gasteiger partial charge in [0, 0.05) is 22.5 Å². The number of hydrogen-bond acceptors (Lipinski definition) is 5. The molecule has 1 N–H and O–H groups in total. The van der Waals surface area contributed by atoms with Gasteiger partial charge in [-0.25, -0.2) is 0 Å². The first-order valence-corrected chi connectivity index (χ1v) is 10.3. The van der Waals surface area contributed by atoms with Gasteiger partial charge in [0.15, 0.2) is 0 Å². The Morgan fingerprint density at radius 3 is 2.38 bits per heavy atom. The van der Waals surface area contributed by atoms with Gasteiger partial charge in [0.2, 0.25) is 0 Å². The zero-order valence-corrected chi connectivity index (χ0v) is 17.7. The van der Waals surface area contributed by atoms with Crippen LogP contribution in [0, 0.1) is 13.8 Å². The second kappa shape index (κ2) is 7.57. The molecular formula is C22H24N2O4S. The van der Waals surface area contributed by atoms with Gasteiger partial charge in [0.05, 0.1) is 32.9 Å². The van der Waals surface area contributed by atoms with Crippen molar-refractivity contribution in [1.29, 1.82) is 0 Å². The molecule has 3 heterocycles. The van der Waals surface area contributed by atoms with E-state index in [1.165, 1.54) is 11.3 Å². The third-order valence-corrected chi connectivity index (χ3v) is 6.32. The molecule has 3 aromatic rings. The fourth-order valence-corrected chi connectivity index (χ4v) is 5.04. The van der Waals surface area contributed by atoms with E-state index in [-0.39, 0.29) is 12.5 Å². The fourth-order valence-electron chi connectivity index (χ4n) is 4.03. The molecule has 0 bridgehead atoms. The minimum absolute atomic E-state index is 0.108. The average Bonchev–Trinajstić information content (AvgIpc) is 3.32. The molecule has 0 fully saturated rings. The van der Waals surface area contributed by atoms with Crippen LogP contribution >= 0.6 is 11.3 Å². The molecular weight excluding hydrogens is 388 g/mol. The summed E-state index contributed by atoms with van der Waals surface area (Å²) < 4.78 is 13.0. The summed E-state index contributed by atoms with van der Waals surface area (Å²) in [5.74, 6) is 1.14. The van der Waals surface area contributed by atoms with Crippen molar-refractivity contribution in [3.63, 3.8) is 0 Å². The van der Waals surface area contributed by atoms with Crippen molar-refractivity contribution in [3.05, 3.63) is 63.8 Å². The zero-order chi connectivity index (χ0) is 20.7. The third-order valence-electron chi connectivity index (χ3n) is 5.43. The number of aliphatic hydroxyl groups excluding tert-OH is 1. The number of rotatable bonds is 4. The smallest absolute Gasteiger partial charge is 0.257 e. The van der Waals surface area contributed by atoms with E-state index < -0.39 is 6.10 Å². The number of aliphatic hydroxyl groups is 1. The van der Waals surface area contributed by atoms with E-state index in [4.69, 9.17) is 9.47 Å². The van der Waals surface area contributed by atoms with Gasteiger partial charge in [-0.3, -0.25) is 4.79 Å². The molecule has 1 atom stereocenters. The summed E-state index contributed by atoms with van der Waals surface area (Å²) in [6.07, 6.45) is -0.843. The number of nitrogens with zero attached hydrogens (tertiary/aromatic N) is 2. The van der Waals surface area contributed by atoms with Gasteiger partial charge in [0.25, 0.3) is 5.91 Å². The van der Waals surface area contributed by atoms with E-state index in [9.17, 15) is 9.90 Å². The van der Waals surface area contributed by atoms with E-state index >= 15 is 0 Å². The molecule has 152 valence electrons. The maximum Gasteiger partial charge on any atom is 0.257 e. The van der Waals surface area contributed by atoms with E-state index in [0.717, 1.165) is 22.0 Å². The van der Waals surface area contributed by atoms with Crippen molar-refractivity contribution < 1.29 is 19.4 Å². The summed E-state index contributed by atoms with van der Waals surface area (Å²) in [7, 11) is 3.16. The predicted octanol–water partition coefficient (Wildman–Crippen LogP) is 3.86. The van der Waals surface area contributed by atoms with Crippen molar-refractivity contribution in [2.24, 2.45) is 0 Å². The topological polar surface area (TPSA) is 63.9 Å². The Labute approximate surface area is 173 Å². The van der Waals surface area contributed by atoms with Crippen LogP contribution in [0.25, 0.3) is 5.00 Å². The molecule has 29 heavy (non-hydrogen) atoms. The maximum atomic E-state index is 13.4. The first-order chi connectivity index (χ1) is 14.0. The number of β-amino-alcohol motifs (C(OH)–C–C–N with tert-alkyl or cyclic N) is 1. The Balaban J connectivity index is 1.72. The molecule has 0 radical (unpaired) electrons. The summed E-state index contributed by atoms with van der Waals surface area (Å²) in [6.45, 7) is 4.61. The molecule has 7 heteroatoms. The van der Waals surface area contributed by atoms with Crippen molar-refractivity contribution in [2.45, 2.75) is 26.5 Å². The zero-order valence-electron chi connectivity index (χ0n) is 16.9. The molecule has 0 unspecified atom stereocenters. The molecule has 0 saturated heterocycles. The Hall–Kier alpha value is -2.77. The van der Waals surface area contributed by atoms with Crippen LogP contribution in [-0.4, -0.2) is 41.2 Å². The summed E-state index contributed by atoms with van der Waals surface area (Å²) in [6, 6.07) is 9.53. The van der Waals surface area contributed by atoms with Gasteiger partial charge >= 0.3 is 0 Å². The van der Waals surface area contributed by atoms with E-state index in [1.807, 2.05) is 37.4 Å². The monoisotopic (exact) mass is 412 g/mol. The van der Waals surface area contributed by atoms with E-state index in [2.05, 4.69) is 4.57 Å². The summed E-state index contributed by atoms with van der Waals surface area (Å²) in [4.78, 5) is 15.1. The minimum atomic E-state index is -0.843. The number of amides is 1. The number of benzene rings is 1. The first-order valence-electron chi connectivity index (χ1n) is 9.40. The minimum Gasteiger partial charge on any atom is -0.496 e. The standard InChI is InChI=1S/C22H24N2O4S/c1-13-5-6-14(2)24(13)22-15(9-10-29-22)21(26)23-11-16-18(27-3)7-8-19(28-4)20(16)17(25)12-23/h5-10,17,25H,11-12H2,1-4H3/t17-/m1/s1. The van der Waals surface area contributed by atoms with Crippen LogP contribution in [0.4, 0.5) is 0 Å². The Morgan fingerprint density at radius 2 is 1.72 bits per heavy atom. The quantitative estimate of drug-likeness (QED) is 0.707. The first kappa shape index (κ1) is 19.5. The van der Waals surface area contributed by atoms with Crippen LogP contribution in [0.15, 0.2) is 35.7 Å². The lowest BCUT2D eigenvalue weighted by Gasteiger charge is -2.34. The van der Waals surface area contributed by atoms with Crippen LogP contribution in [0.5, 0.6) is 11.5 Å². The van der Waals surface area contributed by atoms with Crippen molar-refractivity contribution >= 4 is 17.2 Å². The Kier molecular flexibility index (Phi) is 5.10. The summed E-state index contributed by atoms with van der Waals surface area (Å²) in [5, 5.41) is 13.6. The summed E-state index contributed by atoms with van der Waals surface area (Å²) in [5.41, 5.74) is 4.27. The average molecular weight is 413 g/mol. The van der Waals surface area contributed by atoms with Crippen molar-refractivity contribution in [3.8, 4) is 16.5 Å². The molecule has 0 saturated carbocycles. The number of hydrogen-bond donors (Lipinski definition) is 1. The lowest BCUT2D eigenvalue weighted by molar-refractivity contribution is 0.0539. The van der Waals surface area contributed by atoms with Crippen LogP contribution in [0.3, 0.4) is 0 Å². The predicted molar refractivity (Wildman–Crippen MR) is 112 cm³/mol. The number of aryl methyl sites for hydroxylation is 2. The number of thiophene rings is 1. The van der Waals surface area contributed by atoms with Crippen LogP contribution in [-0.2, 0) is 6.54 Å². The van der Waals surface area contributed by atoms with E-state index in [1.54, 1.807) is 31.3 Å². The molecule has 0 aliphatic carbocycles. The van der Waals surface area contributed by atoms with Gasteiger partial charge in [0.1, 0.15) is 22.6 Å². The Morgan fingerprint density at radius 1 is 1.07 bits per heavy atom. The van der Waals surface area contributed by atoms with Crippen molar-refractivity contribution in [2.75, 3.05) is 20.8 Å². The van der Waals surface area contributed by atoms with Gasteiger partial charge in [-0.05, 0) is 49.6 Å². The Bertz CT molecular complexity index is 1050. The number of aromatic nitrogens is 1. The molecule has 2 aromatic heterocycles. The highest BCUT2D eigenvalue weighted by Gasteiger charge is 2.33. The highest BCUT2D eigenvalue weighted by molar-refractivity contribution is 7.13. The SMILES string of the molecule is COc1ccc(OC)c2c1CN(C(=O)c1ccsc1-n1c(C)ccc1C)C[C@H]2O. The van der Waals surface area contributed by atoms with Gasteiger partial charge in [-0.1, -0.05) is 0 Å². The normalized spacial score (nSPS) is 15.9. The second-order valence-electron chi connectivity index (χ2n) is 7.15. The molecule has 4 rings (SSSR count). The maximum absolute atomic E-state index is 13.4. The van der Waals surface area contributed by atoms with E-state index in [0.29, 0.717) is 29.2 Å². The lowest BCUT2D eigenvalue weighted by atomic mass is 9.94. The van der Waals surface area contributed by atoms with Gasteiger partial charge in [-0.15, -0.1) is 11.3 Å². The van der Waals surface area contributed by atoms with Crippen LogP contribution in [0.1, 0.15) is 39.0 Å². The number of fused-ring (bicyclic) bond motifs is 1. The second-order valence-corrected chi connectivity index (χ2v) is 8.05. The molecule has 1 amide bonds. The molecule has 1 aliphatic heterocycles. The van der Waals surface area contributed by atoms with Crippen molar-refractivity contribution in [1.82, 2.24) is 9.47 Å². The molecule has 6 nitrogen and oxygen atoms in total. The number of ether oxygens (including phenoxy) is 2. The molecule has 0 spiro atoms. The number of methoxy groups -OCH3 is 2. The van der Waals surface area contributed by atoms with Crippen LogP contribution < -0.4 is 9.47 Å². The third kappa shape index (κ3) is 3.20. The largest absolute Gasteiger partial charge is 0.496 e. The summed E-state index contributed by atoms with van der Waals surface area (Å²) >= 11 is 1.54. The lowest BCUT2D eigenvalue weighted by Crippen LogP contribution is -2.38. The van der Waals surface area contributed by atoms with Crippen LogP contribution in [0.2, 0.25) is 0 Å². The highest BCUT2D eigenvalue weighted by atomic mass is 32.1. The molecule has 1 aliphatic rings. The number of carbonyl (C=O) groups excluding carboxylic acids is 1. The molecule has 1 aromatic carbocycles.